The molecule has 0 unspecified atom stereocenters. The number of nitrogens with zero attached hydrogens (tertiary/aromatic N) is 1. The molecule has 0 radical (unpaired) electrons. The lowest BCUT2D eigenvalue weighted by Gasteiger charge is -2.09. The molecule has 1 aromatic carbocycles. The standard InChI is InChI=1S/C11H10ClNO2/c1-7-3-8(6-13)4-9(10(14)5-12)11(7)15-2/h3-4H,5H2,1-2H3. The van der Waals surface area contributed by atoms with E-state index in [-0.39, 0.29) is 11.7 Å². The number of hydrogen-bond acceptors (Lipinski definition) is 3. The van der Waals surface area contributed by atoms with Gasteiger partial charge in [-0.3, -0.25) is 4.79 Å². The van der Waals surface area contributed by atoms with E-state index in [1.807, 2.05) is 6.07 Å². The molecular weight excluding hydrogens is 214 g/mol. The van der Waals surface area contributed by atoms with E-state index in [1.165, 1.54) is 13.2 Å². The summed E-state index contributed by atoms with van der Waals surface area (Å²) in [5.41, 5.74) is 1.55. The third-order valence-corrected chi connectivity index (χ3v) is 2.27. The van der Waals surface area contributed by atoms with Crippen LogP contribution in [0.2, 0.25) is 0 Å². The molecule has 0 spiro atoms. The molecular formula is C11H10ClNO2. The van der Waals surface area contributed by atoms with E-state index in [0.29, 0.717) is 16.9 Å². The van der Waals surface area contributed by atoms with Crippen LogP contribution in [0.25, 0.3) is 0 Å². The van der Waals surface area contributed by atoms with E-state index >= 15 is 0 Å². The van der Waals surface area contributed by atoms with Gasteiger partial charge in [-0.25, -0.2) is 0 Å². The predicted molar refractivity (Wildman–Crippen MR) is 57.5 cm³/mol. The van der Waals surface area contributed by atoms with Crippen molar-refractivity contribution in [1.29, 1.82) is 5.26 Å². The lowest BCUT2D eigenvalue weighted by atomic mass is 10.0. The molecule has 0 saturated heterocycles. The fourth-order valence-corrected chi connectivity index (χ4v) is 1.53. The lowest BCUT2D eigenvalue weighted by molar-refractivity contribution is 0.101. The van der Waals surface area contributed by atoms with Gasteiger partial charge in [0.1, 0.15) is 5.75 Å². The van der Waals surface area contributed by atoms with E-state index in [2.05, 4.69) is 0 Å². The van der Waals surface area contributed by atoms with Crippen molar-refractivity contribution in [3.63, 3.8) is 0 Å². The van der Waals surface area contributed by atoms with Crippen LogP contribution in [0.4, 0.5) is 0 Å². The van der Waals surface area contributed by atoms with Crippen molar-refractivity contribution in [3.05, 3.63) is 28.8 Å². The Hall–Kier alpha value is -1.53. The van der Waals surface area contributed by atoms with E-state index in [4.69, 9.17) is 21.6 Å². The summed E-state index contributed by atoms with van der Waals surface area (Å²) in [6.45, 7) is 1.78. The van der Waals surface area contributed by atoms with Crippen molar-refractivity contribution in [2.75, 3.05) is 13.0 Å². The second-order valence-corrected chi connectivity index (χ2v) is 3.31. The van der Waals surface area contributed by atoms with Crippen molar-refractivity contribution in [2.24, 2.45) is 0 Å². The molecule has 78 valence electrons. The normalized spacial score (nSPS) is 9.47. The summed E-state index contributed by atoms with van der Waals surface area (Å²) in [4.78, 5) is 11.5. The summed E-state index contributed by atoms with van der Waals surface area (Å²) in [7, 11) is 1.49. The number of alkyl halides is 1. The van der Waals surface area contributed by atoms with Gasteiger partial charge in [0.15, 0.2) is 5.78 Å². The average Bonchev–Trinajstić information content (AvgIpc) is 2.26. The third kappa shape index (κ3) is 2.28. The minimum absolute atomic E-state index is 0.120. The first-order valence-electron chi connectivity index (χ1n) is 4.32. The van der Waals surface area contributed by atoms with Crippen molar-refractivity contribution < 1.29 is 9.53 Å². The Labute approximate surface area is 93.2 Å². The molecule has 0 aliphatic carbocycles. The van der Waals surface area contributed by atoms with E-state index in [9.17, 15) is 4.79 Å². The van der Waals surface area contributed by atoms with Crippen LogP contribution in [0.1, 0.15) is 21.5 Å². The second-order valence-electron chi connectivity index (χ2n) is 3.04. The van der Waals surface area contributed by atoms with Crippen LogP contribution >= 0.6 is 11.6 Å². The smallest absolute Gasteiger partial charge is 0.181 e. The maximum atomic E-state index is 11.5. The quantitative estimate of drug-likeness (QED) is 0.584. The highest BCUT2D eigenvalue weighted by molar-refractivity contribution is 6.30. The Kier molecular flexibility index (Phi) is 3.70. The number of aryl methyl sites for hydroxylation is 1. The van der Waals surface area contributed by atoms with Gasteiger partial charge in [0.25, 0.3) is 0 Å². The van der Waals surface area contributed by atoms with Gasteiger partial charge >= 0.3 is 0 Å². The number of ether oxygens (including phenoxy) is 1. The van der Waals surface area contributed by atoms with Crippen molar-refractivity contribution in [1.82, 2.24) is 0 Å². The number of carbonyl (C=O) groups is 1. The van der Waals surface area contributed by atoms with Crippen molar-refractivity contribution in [2.45, 2.75) is 6.92 Å². The third-order valence-electron chi connectivity index (χ3n) is 2.03. The fourth-order valence-electron chi connectivity index (χ4n) is 1.39. The number of hydrogen-bond donors (Lipinski definition) is 0. The first-order valence-corrected chi connectivity index (χ1v) is 4.85. The van der Waals surface area contributed by atoms with Crippen LogP contribution in [0, 0.1) is 18.3 Å². The topological polar surface area (TPSA) is 50.1 Å². The highest BCUT2D eigenvalue weighted by Crippen LogP contribution is 2.25. The van der Waals surface area contributed by atoms with Crippen LogP contribution in [0.5, 0.6) is 5.75 Å². The first kappa shape index (κ1) is 11.5. The van der Waals surface area contributed by atoms with Crippen LogP contribution in [0.15, 0.2) is 12.1 Å². The maximum absolute atomic E-state index is 11.5. The number of Topliss-reactive ketones (excluding diaryl/α,β-unsaturated/α-hetero) is 1. The number of nitriles is 1. The summed E-state index contributed by atoms with van der Waals surface area (Å²) >= 11 is 5.48. The van der Waals surface area contributed by atoms with Crippen molar-refractivity contribution in [3.8, 4) is 11.8 Å². The van der Waals surface area contributed by atoms with Crippen molar-refractivity contribution >= 4 is 17.4 Å². The van der Waals surface area contributed by atoms with E-state index < -0.39 is 0 Å². The Bertz CT molecular complexity index is 435. The Balaban J connectivity index is 3.40. The number of methoxy groups -OCH3 is 1. The molecule has 0 aromatic heterocycles. The van der Waals surface area contributed by atoms with Gasteiger partial charge < -0.3 is 4.74 Å². The molecule has 0 N–H and O–H groups in total. The zero-order valence-electron chi connectivity index (χ0n) is 8.50. The van der Waals surface area contributed by atoms with Crippen LogP contribution in [-0.4, -0.2) is 18.8 Å². The molecule has 15 heavy (non-hydrogen) atoms. The van der Waals surface area contributed by atoms with Gasteiger partial charge in [0.2, 0.25) is 0 Å². The van der Waals surface area contributed by atoms with Gasteiger partial charge in [-0.05, 0) is 24.6 Å². The summed E-state index contributed by atoms with van der Waals surface area (Å²) < 4.78 is 5.11. The SMILES string of the molecule is COc1c(C)cc(C#N)cc1C(=O)CCl. The monoisotopic (exact) mass is 223 g/mol. The van der Waals surface area contributed by atoms with E-state index in [1.54, 1.807) is 13.0 Å². The van der Waals surface area contributed by atoms with Gasteiger partial charge in [-0.15, -0.1) is 11.6 Å². The molecule has 0 bridgehead atoms. The molecule has 0 aliphatic heterocycles. The summed E-state index contributed by atoms with van der Waals surface area (Å²) in [6, 6.07) is 5.15. The minimum Gasteiger partial charge on any atom is -0.496 e. The molecule has 0 fully saturated rings. The zero-order chi connectivity index (χ0) is 11.4. The Morgan fingerprint density at radius 1 is 1.60 bits per heavy atom. The molecule has 0 amide bonds. The lowest BCUT2D eigenvalue weighted by Crippen LogP contribution is -2.05. The van der Waals surface area contributed by atoms with Gasteiger partial charge in [0, 0.05) is 0 Å². The zero-order valence-corrected chi connectivity index (χ0v) is 9.26. The van der Waals surface area contributed by atoms with Gasteiger partial charge in [0.05, 0.1) is 30.2 Å². The summed E-state index contributed by atoms with van der Waals surface area (Å²) in [5, 5.41) is 8.77. The number of halogens is 1. The maximum Gasteiger partial charge on any atom is 0.181 e. The van der Waals surface area contributed by atoms with E-state index in [0.717, 1.165) is 5.56 Å². The highest BCUT2D eigenvalue weighted by atomic mass is 35.5. The molecule has 0 atom stereocenters. The minimum atomic E-state index is -0.242. The Morgan fingerprint density at radius 3 is 2.73 bits per heavy atom. The number of ketones is 1. The van der Waals surface area contributed by atoms with Crippen LogP contribution in [0.3, 0.4) is 0 Å². The predicted octanol–water partition coefficient (Wildman–Crippen LogP) is 2.30. The number of benzene rings is 1. The Morgan fingerprint density at radius 2 is 2.27 bits per heavy atom. The number of rotatable bonds is 3. The fraction of sp³-hybridized carbons (Fsp3) is 0.273. The van der Waals surface area contributed by atoms with Crippen LogP contribution < -0.4 is 4.74 Å². The van der Waals surface area contributed by atoms with Crippen LogP contribution in [-0.2, 0) is 0 Å². The second kappa shape index (κ2) is 4.81. The summed E-state index contributed by atoms with van der Waals surface area (Å²) in [6.07, 6.45) is 0. The molecule has 3 nitrogen and oxygen atoms in total. The number of carbonyl (C=O) groups excluding carboxylic acids is 1. The molecule has 0 heterocycles. The molecule has 4 heteroatoms. The molecule has 0 saturated carbocycles. The summed E-state index contributed by atoms with van der Waals surface area (Å²) in [5.74, 6) is 0.124. The van der Waals surface area contributed by atoms with Gasteiger partial charge in [-0.2, -0.15) is 5.26 Å². The highest BCUT2D eigenvalue weighted by Gasteiger charge is 2.14. The molecule has 0 aliphatic rings. The largest absolute Gasteiger partial charge is 0.496 e. The average molecular weight is 224 g/mol. The molecule has 1 aromatic rings. The molecule has 1 rings (SSSR count). The first-order chi connectivity index (χ1) is 7.13. The van der Waals surface area contributed by atoms with Gasteiger partial charge in [-0.1, -0.05) is 0 Å².